The van der Waals surface area contributed by atoms with Gasteiger partial charge >= 0.3 is 0 Å². The summed E-state index contributed by atoms with van der Waals surface area (Å²) in [6.07, 6.45) is 4.41. The number of aliphatic hydroxyl groups excluding tert-OH is 1. The maximum Gasteiger partial charge on any atom is 0.222 e. The normalized spacial score (nSPS) is 18.9. The average Bonchev–Trinajstić information content (AvgIpc) is 3.33. The van der Waals surface area contributed by atoms with E-state index in [1.165, 1.54) is 6.92 Å². The van der Waals surface area contributed by atoms with Crippen LogP contribution in [0.15, 0.2) is 30.6 Å². The number of pyridine rings is 2. The van der Waals surface area contributed by atoms with Crippen molar-refractivity contribution in [1.29, 1.82) is 0 Å². The Hall–Kier alpha value is -2.97. The number of amides is 1. The van der Waals surface area contributed by atoms with Gasteiger partial charge in [-0.1, -0.05) is 0 Å². The minimum atomic E-state index is -0.531. The van der Waals surface area contributed by atoms with Gasteiger partial charge in [0.2, 0.25) is 5.91 Å². The number of nitrogens with zero attached hydrogens (tertiary/aromatic N) is 3. The molecule has 1 fully saturated rings. The van der Waals surface area contributed by atoms with E-state index in [0.29, 0.717) is 31.2 Å². The highest BCUT2D eigenvalue weighted by molar-refractivity contribution is 5.98. The van der Waals surface area contributed by atoms with Crippen LogP contribution in [0, 0.1) is 0 Å². The lowest BCUT2D eigenvalue weighted by Gasteiger charge is -2.25. The fraction of sp³-hybridized carbons (Fsp3) is 0.381. The second-order valence-corrected chi connectivity index (χ2v) is 7.44. The Morgan fingerprint density at radius 3 is 2.90 bits per heavy atom. The first-order valence-electron chi connectivity index (χ1n) is 9.44. The molecule has 1 saturated heterocycles. The van der Waals surface area contributed by atoms with Crippen molar-refractivity contribution in [2.45, 2.75) is 18.8 Å². The third kappa shape index (κ3) is 3.45. The molecule has 0 radical (unpaired) electrons. The number of ether oxygens (including phenoxy) is 2. The number of fused-ring (bicyclic) bond motifs is 1. The number of anilines is 1. The van der Waals surface area contributed by atoms with Crippen LogP contribution in [0.1, 0.15) is 19.0 Å². The third-order valence-electron chi connectivity index (χ3n) is 5.44. The Morgan fingerprint density at radius 1 is 1.41 bits per heavy atom. The fourth-order valence-corrected chi connectivity index (χ4v) is 3.78. The SMILES string of the molecule is COc1cc(-c2cn(C)c3cnc(NC(C)=O)cc23)nc([C@]2(CO)CCOC2)c1. The number of aromatic nitrogens is 3. The molecule has 1 aliphatic rings. The maximum absolute atomic E-state index is 11.4. The van der Waals surface area contributed by atoms with Crippen LogP contribution in [-0.4, -0.2) is 52.5 Å². The van der Waals surface area contributed by atoms with Crippen LogP contribution in [0.5, 0.6) is 5.75 Å². The van der Waals surface area contributed by atoms with Gasteiger partial charge in [0.1, 0.15) is 11.6 Å². The Kier molecular flexibility index (Phi) is 4.97. The second kappa shape index (κ2) is 7.46. The van der Waals surface area contributed by atoms with Crippen LogP contribution in [0.25, 0.3) is 22.2 Å². The van der Waals surface area contributed by atoms with Crippen LogP contribution in [0.2, 0.25) is 0 Å². The summed E-state index contributed by atoms with van der Waals surface area (Å²) in [5.74, 6) is 0.969. The van der Waals surface area contributed by atoms with E-state index in [1.54, 1.807) is 13.3 Å². The molecular formula is C21H24N4O4. The van der Waals surface area contributed by atoms with Gasteiger partial charge in [0.15, 0.2) is 0 Å². The predicted octanol–water partition coefficient (Wildman–Crippen LogP) is 2.25. The molecule has 8 nitrogen and oxygen atoms in total. The number of nitrogens with one attached hydrogen (secondary N) is 1. The summed E-state index contributed by atoms with van der Waals surface area (Å²) in [7, 11) is 3.55. The van der Waals surface area contributed by atoms with E-state index in [4.69, 9.17) is 14.5 Å². The Labute approximate surface area is 168 Å². The summed E-state index contributed by atoms with van der Waals surface area (Å²) in [4.78, 5) is 20.6. The number of aryl methyl sites for hydroxylation is 1. The molecule has 0 spiro atoms. The van der Waals surface area contributed by atoms with E-state index in [2.05, 4.69) is 10.3 Å². The third-order valence-corrected chi connectivity index (χ3v) is 5.44. The van der Waals surface area contributed by atoms with Crippen molar-refractivity contribution in [3.8, 4) is 17.0 Å². The molecule has 2 N–H and O–H groups in total. The van der Waals surface area contributed by atoms with Crippen molar-refractivity contribution in [2.24, 2.45) is 7.05 Å². The quantitative estimate of drug-likeness (QED) is 0.686. The highest BCUT2D eigenvalue weighted by atomic mass is 16.5. The van der Waals surface area contributed by atoms with Gasteiger partial charge in [0.05, 0.1) is 48.8 Å². The van der Waals surface area contributed by atoms with E-state index < -0.39 is 5.41 Å². The molecule has 0 bridgehead atoms. The van der Waals surface area contributed by atoms with E-state index in [9.17, 15) is 9.90 Å². The van der Waals surface area contributed by atoms with Gasteiger partial charge < -0.3 is 24.5 Å². The monoisotopic (exact) mass is 396 g/mol. The number of aliphatic hydroxyl groups is 1. The summed E-state index contributed by atoms with van der Waals surface area (Å²) in [5.41, 5.74) is 2.76. The van der Waals surface area contributed by atoms with Crippen LogP contribution in [0.4, 0.5) is 5.82 Å². The van der Waals surface area contributed by atoms with Crippen molar-refractivity contribution < 1.29 is 19.4 Å². The lowest BCUT2D eigenvalue weighted by molar-refractivity contribution is -0.114. The Morgan fingerprint density at radius 2 is 2.24 bits per heavy atom. The van der Waals surface area contributed by atoms with Crippen molar-refractivity contribution >= 4 is 22.6 Å². The summed E-state index contributed by atoms with van der Waals surface area (Å²) in [5, 5.41) is 13.7. The van der Waals surface area contributed by atoms with Crippen molar-refractivity contribution in [3.05, 3.63) is 36.3 Å². The number of carbonyl (C=O) groups excluding carboxylic acids is 1. The lowest BCUT2D eigenvalue weighted by atomic mass is 9.84. The zero-order valence-corrected chi connectivity index (χ0v) is 16.7. The molecule has 4 heterocycles. The van der Waals surface area contributed by atoms with Crippen molar-refractivity contribution in [3.63, 3.8) is 0 Å². The second-order valence-electron chi connectivity index (χ2n) is 7.44. The molecule has 0 saturated carbocycles. The zero-order valence-electron chi connectivity index (χ0n) is 16.7. The standard InChI is InChI=1S/C21H24N4O4/c1-13(27)23-20-8-15-16(10-25(2)18(15)9-22-20)17-6-14(28-3)7-19(24-17)21(11-26)4-5-29-12-21/h6-10,26H,4-5,11-12H2,1-3H3,(H,22,23,27)/t21-/m0/s1. The molecule has 0 aromatic carbocycles. The van der Waals surface area contributed by atoms with Gasteiger partial charge in [0, 0.05) is 49.9 Å². The molecule has 0 unspecified atom stereocenters. The highest BCUT2D eigenvalue weighted by Gasteiger charge is 2.38. The molecular weight excluding hydrogens is 372 g/mol. The maximum atomic E-state index is 11.4. The van der Waals surface area contributed by atoms with Crippen molar-refractivity contribution in [2.75, 3.05) is 32.2 Å². The zero-order chi connectivity index (χ0) is 20.6. The van der Waals surface area contributed by atoms with Gasteiger partial charge in [-0.25, -0.2) is 4.98 Å². The van der Waals surface area contributed by atoms with Crippen LogP contribution in [0.3, 0.4) is 0 Å². The van der Waals surface area contributed by atoms with Gasteiger partial charge in [-0.3, -0.25) is 9.78 Å². The first-order chi connectivity index (χ1) is 14.0. The largest absolute Gasteiger partial charge is 0.497 e. The molecule has 1 aliphatic heterocycles. The molecule has 1 atom stereocenters. The van der Waals surface area contributed by atoms with Gasteiger partial charge in [0.25, 0.3) is 0 Å². The van der Waals surface area contributed by atoms with E-state index in [-0.39, 0.29) is 12.5 Å². The number of methoxy groups -OCH3 is 1. The molecule has 3 aromatic rings. The first-order valence-corrected chi connectivity index (χ1v) is 9.44. The average molecular weight is 396 g/mol. The van der Waals surface area contributed by atoms with Crippen LogP contribution < -0.4 is 10.1 Å². The number of carbonyl (C=O) groups is 1. The van der Waals surface area contributed by atoms with Gasteiger partial charge in [-0.15, -0.1) is 0 Å². The lowest BCUT2D eigenvalue weighted by Crippen LogP contribution is -2.32. The molecule has 29 heavy (non-hydrogen) atoms. The summed E-state index contributed by atoms with van der Waals surface area (Å²) in [6, 6.07) is 5.58. The molecule has 152 valence electrons. The summed E-state index contributed by atoms with van der Waals surface area (Å²) in [6.45, 7) is 2.43. The number of hydrogen-bond acceptors (Lipinski definition) is 6. The molecule has 1 amide bonds. The minimum absolute atomic E-state index is 0.0429. The molecule has 4 rings (SSSR count). The summed E-state index contributed by atoms with van der Waals surface area (Å²) >= 11 is 0. The van der Waals surface area contributed by atoms with Crippen LogP contribution >= 0.6 is 0 Å². The molecule has 0 aliphatic carbocycles. The van der Waals surface area contributed by atoms with E-state index in [1.807, 2.05) is 36.0 Å². The highest BCUT2D eigenvalue weighted by Crippen LogP contribution is 2.37. The van der Waals surface area contributed by atoms with E-state index >= 15 is 0 Å². The van der Waals surface area contributed by atoms with E-state index in [0.717, 1.165) is 27.9 Å². The molecule has 8 heteroatoms. The van der Waals surface area contributed by atoms with Gasteiger partial charge in [-0.05, 0) is 12.5 Å². The smallest absolute Gasteiger partial charge is 0.222 e. The number of hydrogen-bond donors (Lipinski definition) is 2. The minimum Gasteiger partial charge on any atom is -0.497 e. The summed E-state index contributed by atoms with van der Waals surface area (Å²) < 4.78 is 13.0. The predicted molar refractivity (Wildman–Crippen MR) is 109 cm³/mol. The fourth-order valence-electron chi connectivity index (χ4n) is 3.78. The Bertz CT molecular complexity index is 1070. The van der Waals surface area contributed by atoms with Crippen LogP contribution in [-0.2, 0) is 22.0 Å². The topological polar surface area (TPSA) is 98.5 Å². The Balaban J connectivity index is 1.89. The number of rotatable bonds is 5. The van der Waals surface area contributed by atoms with Crippen molar-refractivity contribution in [1.82, 2.24) is 14.5 Å². The van der Waals surface area contributed by atoms with Gasteiger partial charge in [-0.2, -0.15) is 0 Å². The molecule has 3 aromatic heterocycles. The first kappa shape index (κ1) is 19.4.